The molecule has 1 amide bonds. The highest BCUT2D eigenvalue weighted by atomic mass is 79.9. The van der Waals surface area contributed by atoms with Gasteiger partial charge in [0.1, 0.15) is 10.3 Å². The van der Waals surface area contributed by atoms with E-state index in [4.69, 9.17) is 0 Å². The van der Waals surface area contributed by atoms with Crippen molar-refractivity contribution in [2.45, 2.75) is 19.4 Å². The van der Waals surface area contributed by atoms with Crippen molar-refractivity contribution in [3.05, 3.63) is 50.9 Å². The van der Waals surface area contributed by atoms with Gasteiger partial charge in [-0.2, -0.15) is 0 Å². The van der Waals surface area contributed by atoms with Crippen molar-refractivity contribution >= 4 is 33.2 Å². The second-order valence-electron chi connectivity index (χ2n) is 4.39. The van der Waals surface area contributed by atoms with Crippen LogP contribution >= 0.6 is 27.3 Å². The van der Waals surface area contributed by atoms with E-state index in [9.17, 15) is 4.79 Å². The first-order valence-electron chi connectivity index (χ1n) is 6.00. The fourth-order valence-electron chi connectivity index (χ4n) is 1.77. The van der Waals surface area contributed by atoms with Gasteiger partial charge in [0.25, 0.3) is 5.91 Å². The summed E-state index contributed by atoms with van der Waals surface area (Å²) in [6, 6.07) is 9.64. The Balaban J connectivity index is 2.06. The molecule has 0 radical (unpaired) electrons. The molecule has 0 aromatic carbocycles. The maximum absolute atomic E-state index is 12.3. The lowest BCUT2D eigenvalue weighted by molar-refractivity contribution is 0.0738. The predicted octanol–water partition coefficient (Wildman–Crippen LogP) is 3.61. The van der Waals surface area contributed by atoms with Crippen LogP contribution in [0, 0.1) is 0 Å². The van der Waals surface area contributed by atoms with Gasteiger partial charge in [-0.15, -0.1) is 11.3 Å². The van der Waals surface area contributed by atoms with Crippen LogP contribution in [0.3, 0.4) is 0 Å². The first-order valence-corrected chi connectivity index (χ1v) is 7.67. The number of nitrogens with zero attached hydrogens (tertiary/aromatic N) is 2. The molecule has 0 aliphatic carbocycles. The number of hydrogen-bond donors (Lipinski definition) is 0. The summed E-state index contributed by atoms with van der Waals surface area (Å²) in [6.07, 6.45) is 0.869. The lowest BCUT2D eigenvalue weighted by Gasteiger charge is -2.24. The maximum Gasteiger partial charge on any atom is 0.272 e. The second-order valence-corrected chi connectivity index (χ2v) is 6.24. The number of carbonyl (C=O) groups is 1. The molecule has 0 N–H and O–H groups in total. The Morgan fingerprint density at radius 2 is 2.21 bits per heavy atom. The fourth-order valence-corrected chi connectivity index (χ4v) is 2.94. The van der Waals surface area contributed by atoms with Gasteiger partial charge in [0.15, 0.2) is 0 Å². The average Bonchev–Trinajstić information content (AvgIpc) is 2.89. The number of pyridine rings is 1. The van der Waals surface area contributed by atoms with E-state index >= 15 is 0 Å². The molecule has 0 fully saturated rings. The summed E-state index contributed by atoms with van der Waals surface area (Å²) in [6.45, 7) is 2.05. The van der Waals surface area contributed by atoms with E-state index in [1.165, 1.54) is 4.88 Å². The zero-order valence-electron chi connectivity index (χ0n) is 10.8. The summed E-state index contributed by atoms with van der Waals surface area (Å²) in [5.74, 6) is -0.0506. The zero-order valence-corrected chi connectivity index (χ0v) is 13.2. The highest BCUT2D eigenvalue weighted by molar-refractivity contribution is 9.10. The number of amides is 1. The number of halogens is 1. The molecule has 2 aromatic heterocycles. The number of likely N-dealkylation sites (N-methyl/N-ethyl adjacent to an activating group) is 1. The van der Waals surface area contributed by atoms with E-state index in [2.05, 4.69) is 39.3 Å². The Hall–Kier alpha value is -1.20. The van der Waals surface area contributed by atoms with Crippen molar-refractivity contribution in [1.82, 2.24) is 9.88 Å². The van der Waals surface area contributed by atoms with Gasteiger partial charge >= 0.3 is 0 Å². The molecular formula is C14H15BrN2OS. The van der Waals surface area contributed by atoms with Crippen molar-refractivity contribution < 1.29 is 4.79 Å². The second kappa shape index (κ2) is 6.30. The molecule has 2 rings (SSSR count). The van der Waals surface area contributed by atoms with E-state index in [1.54, 1.807) is 22.3 Å². The topological polar surface area (TPSA) is 33.2 Å². The van der Waals surface area contributed by atoms with Gasteiger partial charge in [-0.25, -0.2) is 4.98 Å². The Kier molecular flexibility index (Phi) is 4.71. The molecule has 0 saturated heterocycles. The Bertz CT molecular complexity index is 556. The van der Waals surface area contributed by atoms with E-state index in [-0.39, 0.29) is 11.9 Å². The Morgan fingerprint density at radius 1 is 1.42 bits per heavy atom. The number of rotatable bonds is 4. The SMILES string of the molecule is CC(Cc1cccs1)N(C)C(=O)c1cccc(Br)n1. The van der Waals surface area contributed by atoms with Crippen molar-refractivity contribution in [3.63, 3.8) is 0 Å². The largest absolute Gasteiger partial charge is 0.337 e. The maximum atomic E-state index is 12.3. The summed E-state index contributed by atoms with van der Waals surface area (Å²) < 4.78 is 0.678. The van der Waals surface area contributed by atoms with Crippen LogP contribution in [-0.4, -0.2) is 28.9 Å². The van der Waals surface area contributed by atoms with Gasteiger partial charge in [-0.3, -0.25) is 4.79 Å². The Morgan fingerprint density at radius 3 is 2.84 bits per heavy atom. The molecular weight excluding hydrogens is 324 g/mol. The third-order valence-corrected chi connectivity index (χ3v) is 4.33. The summed E-state index contributed by atoms with van der Waals surface area (Å²) in [5, 5.41) is 2.06. The first-order chi connectivity index (χ1) is 9.08. The third-order valence-electron chi connectivity index (χ3n) is 2.99. The van der Waals surface area contributed by atoms with E-state index in [0.717, 1.165) is 6.42 Å². The van der Waals surface area contributed by atoms with Gasteiger partial charge in [-0.1, -0.05) is 12.1 Å². The number of aromatic nitrogens is 1. The smallest absolute Gasteiger partial charge is 0.272 e. The molecule has 0 saturated carbocycles. The highest BCUT2D eigenvalue weighted by Crippen LogP contribution is 2.15. The monoisotopic (exact) mass is 338 g/mol. The molecule has 1 unspecified atom stereocenters. The molecule has 19 heavy (non-hydrogen) atoms. The van der Waals surface area contributed by atoms with Gasteiger partial charge in [0.05, 0.1) is 0 Å². The van der Waals surface area contributed by atoms with E-state index in [1.807, 2.05) is 25.2 Å². The molecule has 100 valence electrons. The van der Waals surface area contributed by atoms with Crippen LogP contribution in [0.4, 0.5) is 0 Å². The van der Waals surface area contributed by atoms with Crippen LogP contribution in [0.15, 0.2) is 40.3 Å². The minimum Gasteiger partial charge on any atom is -0.337 e. The summed E-state index contributed by atoms with van der Waals surface area (Å²) in [7, 11) is 1.82. The standard InChI is InChI=1S/C14H15BrN2OS/c1-10(9-11-5-4-8-19-11)17(2)14(18)12-6-3-7-13(15)16-12/h3-8,10H,9H2,1-2H3. The zero-order chi connectivity index (χ0) is 13.8. The molecule has 3 nitrogen and oxygen atoms in total. The van der Waals surface area contributed by atoms with Crippen molar-refractivity contribution in [2.75, 3.05) is 7.05 Å². The molecule has 1 atom stereocenters. The molecule has 2 aromatic rings. The molecule has 0 aliphatic rings. The quantitative estimate of drug-likeness (QED) is 0.798. The lowest BCUT2D eigenvalue weighted by atomic mass is 10.1. The van der Waals surface area contributed by atoms with Crippen molar-refractivity contribution in [1.29, 1.82) is 0 Å². The van der Waals surface area contributed by atoms with Crippen LogP contribution in [0.5, 0.6) is 0 Å². The minimum absolute atomic E-state index is 0.0506. The first kappa shape index (κ1) is 14.2. The summed E-state index contributed by atoms with van der Waals surface area (Å²) >= 11 is 5.00. The highest BCUT2D eigenvalue weighted by Gasteiger charge is 2.19. The summed E-state index contributed by atoms with van der Waals surface area (Å²) in [5.41, 5.74) is 0.468. The Labute approximate surface area is 125 Å². The normalized spacial score (nSPS) is 12.2. The molecule has 0 aliphatic heterocycles. The minimum atomic E-state index is -0.0506. The van der Waals surface area contributed by atoms with Crippen LogP contribution in [0.2, 0.25) is 0 Å². The predicted molar refractivity (Wildman–Crippen MR) is 81.5 cm³/mol. The van der Waals surface area contributed by atoms with Crippen LogP contribution in [-0.2, 0) is 6.42 Å². The van der Waals surface area contributed by atoms with E-state index < -0.39 is 0 Å². The van der Waals surface area contributed by atoms with Gasteiger partial charge < -0.3 is 4.90 Å². The fraction of sp³-hybridized carbons (Fsp3) is 0.286. The molecule has 2 heterocycles. The number of thiophene rings is 1. The third kappa shape index (κ3) is 3.64. The van der Waals surface area contributed by atoms with Crippen molar-refractivity contribution in [3.8, 4) is 0 Å². The van der Waals surface area contributed by atoms with Gasteiger partial charge in [-0.05, 0) is 46.4 Å². The van der Waals surface area contributed by atoms with Crippen molar-refractivity contribution in [2.24, 2.45) is 0 Å². The summed E-state index contributed by atoms with van der Waals surface area (Å²) in [4.78, 5) is 19.5. The average molecular weight is 339 g/mol. The van der Waals surface area contributed by atoms with E-state index in [0.29, 0.717) is 10.3 Å². The van der Waals surface area contributed by atoms with Gasteiger partial charge in [0.2, 0.25) is 0 Å². The van der Waals surface area contributed by atoms with Crippen LogP contribution < -0.4 is 0 Å². The van der Waals surface area contributed by atoms with Crippen LogP contribution in [0.25, 0.3) is 0 Å². The number of carbonyl (C=O) groups excluding carboxylic acids is 1. The number of hydrogen-bond acceptors (Lipinski definition) is 3. The molecule has 0 bridgehead atoms. The molecule has 5 heteroatoms. The molecule has 0 spiro atoms. The van der Waals surface area contributed by atoms with Crippen LogP contribution in [0.1, 0.15) is 22.3 Å². The lowest BCUT2D eigenvalue weighted by Crippen LogP contribution is -2.36. The van der Waals surface area contributed by atoms with Gasteiger partial charge in [0, 0.05) is 24.4 Å².